The fraction of sp³-hybridized carbons (Fsp3) is 0.238. The summed E-state index contributed by atoms with van der Waals surface area (Å²) in [5, 5.41) is 6.83. The summed E-state index contributed by atoms with van der Waals surface area (Å²) in [6.07, 6.45) is 1.42. The van der Waals surface area contributed by atoms with Gasteiger partial charge in [0.2, 0.25) is 0 Å². The van der Waals surface area contributed by atoms with Gasteiger partial charge in [-0.1, -0.05) is 12.1 Å². The van der Waals surface area contributed by atoms with Gasteiger partial charge in [0.1, 0.15) is 6.61 Å². The Morgan fingerprint density at radius 3 is 2.63 bits per heavy atom. The van der Waals surface area contributed by atoms with E-state index in [0.717, 1.165) is 16.3 Å². The Balaban J connectivity index is 1.70. The molecule has 158 valence electrons. The van der Waals surface area contributed by atoms with Crippen molar-refractivity contribution in [3.05, 3.63) is 69.2 Å². The third-order valence-electron chi connectivity index (χ3n) is 4.25. The van der Waals surface area contributed by atoms with Gasteiger partial charge in [0.05, 0.1) is 28.9 Å². The van der Waals surface area contributed by atoms with Gasteiger partial charge in [-0.15, -0.1) is 11.3 Å². The summed E-state index contributed by atoms with van der Waals surface area (Å²) < 4.78 is 36.2. The molecule has 0 spiro atoms. The van der Waals surface area contributed by atoms with Crippen molar-refractivity contribution < 1.29 is 17.9 Å². The lowest BCUT2D eigenvalue weighted by Crippen LogP contribution is -2.19. The summed E-state index contributed by atoms with van der Waals surface area (Å²) in [5.74, 6) is 1.08. The molecule has 0 aliphatic rings. The highest BCUT2D eigenvalue weighted by Crippen LogP contribution is 2.28. The van der Waals surface area contributed by atoms with Crippen molar-refractivity contribution in [2.75, 3.05) is 7.11 Å². The molecule has 1 N–H and O–H groups in total. The number of hydrogen-bond donors (Lipinski definition) is 1. The third-order valence-corrected chi connectivity index (χ3v) is 6.44. The monoisotopic (exact) mass is 445 g/mol. The first kappa shape index (κ1) is 21.8. The fourth-order valence-electron chi connectivity index (χ4n) is 2.73. The molecule has 2 aromatic carbocycles. The summed E-state index contributed by atoms with van der Waals surface area (Å²) in [6, 6.07) is 10.5. The first-order valence-corrected chi connectivity index (χ1v) is 11.5. The lowest BCUT2D eigenvalue weighted by molar-refractivity contribution is 0.281. The zero-order valence-corrected chi connectivity index (χ0v) is 18.8. The SMILES string of the molecule is COc1cc(/C=N/NS(=O)(=O)c2cc(C)ccc2C)ccc1OCc1csc(C)n1. The average Bonchev–Trinajstić information content (AvgIpc) is 3.13. The second-order valence-corrected chi connectivity index (χ2v) is 9.37. The maximum Gasteiger partial charge on any atom is 0.276 e. The molecule has 0 saturated carbocycles. The molecule has 0 fully saturated rings. The van der Waals surface area contributed by atoms with Crippen LogP contribution >= 0.6 is 11.3 Å². The van der Waals surface area contributed by atoms with E-state index in [4.69, 9.17) is 9.47 Å². The first-order valence-electron chi connectivity index (χ1n) is 9.12. The number of rotatable bonds is 8. The fourth-order valence-corrected chi connectivity index (χ4v) is 4.45. The van der Waals surface area contributed by atoms with Gasteiger partial charge in [-0.25, -0.2) is 9.82 Å². The Morgan fingerprint density at radius 1 is 1.13 bits per heavy atom. The van der Waals surface area contributed by atoms with Crippen LogP contribution in [-0.4, -0.2) is 26.7 Å². The molecule has 0 bridgehead atoms. The molecule has 7 nitrogen and oxygen atoms in total. The van der Waals surface area contributed by atoms with Crippen LogP contribution in [0.2, 0.25) is 0 Å². The van der Waals surface area contributed by atoms with Crippen LogP contribution < -0.4 is 14.3 Å². The number of nitrogens with zero attached hydrogens (tertiary/aromatic N) is 2. The number of aromatic nitrogens is 1. The van der Waals surface area contributed by atoms with Gasteiger partial charge in [-0.2, -0.15) is 13.5 Å². The second-order valence-electron chi connectivity index (χ2n) is 6.68. The number of hydrogen-bond acceptors (Lipinski definition) is 7. The molecule has 0 unspecified atom stereocenters. The van der Waals surface area contributed by atoms with Crippen LogP contribution in [0.5, 0.6) is 11.5 Å². The van der Waals surface area contributed by atoms with Gasteiger partial charge in [-0.05, 0) is 61.7 Å². The molecule has 0 saturated heterocycles. The van der Waals surface area contributed by atoms with E-state index in [-0.39, 0.29) is 4.90 Å². The number of ether oxygens (including phenoxy) is 2. The quantitative estimate of drug-likeness (QED) is 0.419. The Bertz CT molecular complexity index is 1170. The average molecular weight is 446 g/mol. The molecule has 0 radical (unpaired) electrons. The maximum absolute atomic E-state index is 12.5. The van der Waals surface area contributed by atoms with Crippen molar-refractivity contribution in [1.29, 1.82) is 0 Å². The summed E-state index contributed by atoms with van der Waals surface area (Å²) in [7, 11) is -2.21. The van der Waals surface area contributed by atoms with Crippen molar-refractivity contribution >= 4 is 27.6 Å². The van der Waals surface area contributed by atoms with Crippen molar-refractivity contribution in [3.8, 4) is 11.5 Å². The lowest BCUT2D eigenvalue weighted by Gasteiger charge is -2.10. The predicted octanol–water partition coefficient (Wildman–Crippen LogP) is 3.97. The van der Waals surface area contributed by atoms with E-state index in [1.165, 1.54) is 6.21 Å². The van der Waals surface area contributed by atoms with Crippen LogP contribution in [0.4, 0.5) is 0 Å². The topological polar surface area (TPSA) is 89.9 Å². The summed E-state index contributed by atoms with van der Waals surface area (Å²) in [6.45, 7) is 5.86. The highest BCUT2D eigenvalue weighted by Gasteiger charge is 2.16. The smallest absolute Gasteiger partial charge is 0.276 e. The minimum absolute atomic E-state index is 0.207. The molecular weight excluding hydrogens is 422 g/mol. The van der Waals surface area contributed by atoms with Crippen molar-refractivity contribution in [1.82, 2.24) is 9.82 Å². The number of sulfonamides is 1. The number of hydrazone groups is 1. The van der Waals surface area contributed by atoms with Gasteiger partial charge in [-0.3, -0.25) is 0 Å². The second kappa shape index (κ2) is 9.27. The van der Waals surface area contributed by atoms with Crippen LogP contribution in [0.15, 0.2) is 51.8 Å². The number of thiazole rings is 1. The minimum Gasteiger partial charge on any atom is -0.493 e. The van der Waals surface area contributed by atoms with E-state index in [2.05, 4.69) is 14.9 Å². The van der Waals surface area contributed by atoms with E-state index in [1.807, 2.05) is 25.3 Å². The molecular formula is C21H23N3O4S2. The summed E-state index contributed by atoms with van der Waals surface area (Å²) in [4.78, 5) is 6.83. The molecule has 30 heavy (non-hydrogen) atoms. The minimum atomic E-state index is -3.75. The Labute approximate surface area is 180 Å². The van der Waals surface area contributed by atoms with E-state index < -0.39 is 10.0 Å². The largest absolute Gasteiger partial charge is 0.493 e. The molecule has 0 aliphatic heterocycles. The first-order chi connectivity index (χ1) is 14.3. The molecule has 0 atom stereocenters. The van der Waals surface area contributed by atoms with Crippen LogP contribution in [0.3, 0.4) is 0 Å². The number of nitrogens with one attached hydrogen (secondary N) is 1. The summed E-state index contributed by atoms with van der Waals surface area (Å²) >= 11 is 1.57. The van der Waals surface area contributed by atoms with E-state index >= 15 is 0 Å². The van der Waals surface area contributed by atoms with Crippen LogP contribution in [0.1, 0.15) is 27.4 Å². The summed E-state index contributed by atoms with van der Waals surface area (Å²) in [5.41, 5.74) is 3.03. The van der Waals surface area contributed by atoms with Gasteiger partial charge in [0.25, 0.3) is 10.0 Å². The van der Waals surface area contributed by atoms with Gasteiger partial charge < -0.3 is 9.47 Å². The normalized spacial score (nSPS) is 11.6. The highest BCUT2D eigenvalue weighted by atomic mass is 32.2. The standard InChI is InChI=1S/C21H23N3O4S2/c1-14-5-6-15(2)21(9-14)30(25,26)24-22-11-17-7-8-19(20(10-17)27-4)28-12-18-13-29-16(3)23-18/h5-11,13,24H,12H2,1-4H3/b22-11+. The molecule has 9 heteroatoms. The maximum atomic E-state index is 12.5. The van der Waals surface area contributed by atoms with Crippen molar-refractivity contribution in [2.45, 2.75) is 32.3 Å². The van der Waals surface area contributed by atoms with E-state index in [0.29, 0.717) is 29.2 Å². The molecule has 3 aromatic rings. The molecule has 0 amide bonds. The van der Waals surface area contributed by atoms with Gasteiger partial charge in [0.15, 0.2) is 11.5 Å². The van der Waals surface area contributed by atoms with Gasteiger partial charge >= 0.3 is 0 Å². The van der Waals surface area contributed by atoms with E-state index in [1.54, 1.807) is 55.7 Å². The zero-order valence-electron chi connectivity index (χ0n) is 17.2. The third kappa shape index (κ3) is 5.37. The number of methoxy groups -OCH3 is 1. The highest BCUT2D eigenvalue weighted by molar-refractivity contribution is 7.89. The Kier molecular flexibility index (Phi) is 6.73. The van der Waals surface area contributed by atoms with Gasteiger partial charge in [0, 0.05) is 5.38 Å². The number of aryl methyl sites for hydroxylation is 3. The van der Waals surface area contributed by atoms with Crippen LogP contribution in [-0.2, 0) is 16.6 Å². The Hall–Kier alpha value is -2.91. The number of benzene rings is 2. The molecule has 1 heterocycles. The van der Waals surface area contributed by atoms with Crippen LogP contribution in [0, 0.1) is 20.8 Å². The Morgan fingerprint density at radius 2 is 1.93 bits per heavy atom. The zero-order chi connectivity index (χ0) is 21.7. The molecule has 0 aliphatic carbocycles. The van der Waals surface area contributed by atoms with Crippen molar-refractivity contribution in [2.24, 2.45) is 5.10 Å². The molecule has 3 rings (SSSR count). The molecule has 1 aromatic heterocycles. The lowest BCUT2D eigenvalue weighted by atomic mass is 10.2. The van der Waals surface area contributed by atoms with Crippen LogP contribution in [0.25, 0.3) is 0 Å². The van der Waals surface area contributed by atoms with E-state index in [9.17, 15) is 8.42 Å². The predicted molar refractivity (Wildman–Crippen MR) is 118 cm³/mol. The van der Waals surface area contributed by atoms with Crippen molar-refractivity contribution in [3.63, 3.8) is 0 Å².